The summed E-state index contributed by atoms with van der Waals surface area (Å²) in [6.07, 6.45) is 1.63. The third-order valence-corrected chi connectivity index (χ3v) is 3.21. The van der Waals surface area contributed by atoms with Gasteiger partial charge in [-0.3, -0.25) is 4.98 Å². The zero-order valence-electron chi connectivity index (χ0n) is 8.83. The highest BCUT2D eigenvalue weighted by Gasteiger charge is 2.43. The fraction of sp³-hybridized carbons (Fsp3) is 0.250. The number of pyridine rings is 1. The van der Waals surface area contributed by atoms with Crippen LogP contribution in [0.15, 0.2) is 30.5 Å². The third-order valence-electron chi connectivity index (χ3n) is 2.88. The van der Waals surface area contributed by atoms with Gasteiger partial charge in [0.1, 0.15) is 0 Å². The van der Waals surface area contributed by atoms with Crippen LogP contribution >= 0.6 is 11.6 Å². The van der Waals surface area contributed by atoms with E-state index in [4.69, 9.17) is 11.6 Å². The predicted octanol–water partition coefficient (Wildman–Crippen LogP) is 3.34. The summed E-state index contributed by atoms with van der Waals surface area (Å²) in [6.45, 7) is -0.452. The van der Waals surface area contributed by atoms with E-state index in [1.807, 2.05) is 0 Å². The number of nitrogens with zero attached hydrogens (tertiary/aromatic N) is 2. The summed E-state index contributed by atoms with van der Waals surface area (Å²) in [5.74, 6) is -2.56. The largest absolute Gasteiger partial charge is 0.359 e. The molecule has 2 heterocycles. The average molecular weight is 255 g/mol. The Kier molecular flexibility index (Phi) is 2.23. The van der Waals surface area contributed by atoms with Crippen molar-refractivity contribution in [2.45, 2.75) is 5.92 Å². The van der Waals surface area contributed by atoms with Gasteiger partial charge in [0.15, 0.2) is 0 Å². The molecule has 0 radical (unpaired) electrons. The second-order valence-corrected chi connectivity index (χ2v) is 4.61. The van der Waals surface area contributed by atoms with Gasteiger partial charge in [-0.15, -0.1) is 0 Å². The van der Waals surface area contributed by atoms with Crippen LogP contribution in [0.5, 0.6) is 0 Å². The van der Waals surface area contributed by atoms with Crippen molar-refractivity contribution in [3.05, 3.63) is 35.5 Å². The lowest BCUT2D eigenvalue weighted by atomic mass is 10.1. The molecule has 2 nitrogen and oxygen atoms in total. The van der Waals surface area contributed by atoms with Crippen LogP contribution in [0, 0.1) is 0 Å². The van der Waals surface area contributed by atoms with Gasteiger partial charge in [-0.25, -0.2) is 8.78 Å². The van der Waals surface area contributed by atoms with Crippen molar-refractivity contribution in [1.29, 1.82) is 0 Å². The van der Waals surface area contributed by atoms with Gasteiger partial charge in [0.05, 0.1) is 23.6 Å². The van der Waals surface area contributed by atoms with Crippen molar-refractivity contribution in [1.82, 2.24) is 4.98 Å². The first-order valence-corrected chi connectivity index (χ1v) is 5.60. The number of halogens is 3. The fourth-order valence-electron chi connectivity index (χ4n) is 1.99. The standard InChI is InChI=1S/C12H9ClF2N2/c13-10-3-4-16-11-2-1-8(5-9(10)11)17-6-12(14,15)7-17/h1-5H,6-7H2. The summed E-state index contributed by atoms with van der Waals surface area (Å²) in [7, 11) is 0. The molecule has 0 atom stereocenters. The highest BCUT2D eigenvalue weighted by Crippen LogP contribution is 2.34. The molecule has 0 N–H and O–H groups in total. The Morgan fingerprint density at radius 3 is 2.71 bits per heavy atom. The van der Waals surface area contributed by atoms with Crippen LogP contribution in [0.3, 0.4) is 0 Å². The minimum atomic E-state index is -2.56. The molecule has 0 bridgehead atoms. The number of fused-ring (bicyclic) bond motifs is 1. The molecule has 17 heavy (non-hydrogen) atoms. The SMILES string of the molecule is FC1(F)CN(c2ccc3nccc(Cl)c3c2)C1. The number of rotatable bonds is 1. The number of aromatic nitrogens is 1. The quantitative estimate of drug-likeness (QED) is 0.776. The second-order valence-electron chi connectivity index (χ2n) is 4.21. The van der Waals surface area contributed by atoms with Crippen LogP contribution < -0.4 is 4.90 Å². The number of hydrogen-bond acceptors (Lipinski definition) is 2. The summed E-state index contributed by atoms with van der Waals surface area (Å²) >= 11 is 6.04. The zero-order chi connectivity index (χ0) is 12.0. The van der Waals surface area contributed by atoms with Crippen LogP contribution in [0.25, 0.3) is 10.9 Å². The van der Waals surface area contributed by atoms with Crippen LogP contribution in [0.2, 0.25) is 5.02 Å². The maximum Gasteiger partial charge on any atom is 0.282 e. The molecule has 0 amide bonds. The molecule has 1 aliphatic heterocycles. The van der Waals surface area contributed by atoms with Crippen LogP contribution in [-0.4, -0.2) is 24.0 Å². The minimum absolute atomic E-state index is 0.226. The van der Waals surface area contributed by atoms with E-state index in [0.29, 0.717) is 5.02 Å². The molecule has 1 saturated heterocycles. The lowest BCUT2D eigenvalue weighted by molar-refractivity contribution is -0.0262. The maximum atomic E-state index is 12.8. The third kappa shape index (κ3) is 1.82. The van der Waals surface area contributed by atoms with Gasteiger partial charge in [-0.05, 0) is 24.3 Å². The summed E-state index contributed by atoms with van der Waals surface area (Å²) in [4.78, 5) is 5.79. The van der Waals surface area contributed by atoms with Crippen molar-refractivity contribution < 1.29 is 8.78 Å². The summed E-state index contributed by atoms with van der Waals surface area (Å²) in [5, 5.41) is 1.38. The molecular weight excluding hydrogens is 246 g/mol. The first-order valence-electron chi connectivity index (χ1n) is 5.22. The molecule has 0 aliphatic carbocycles. The van der Waals surface area contributed by atoms with Crippen molar-refractivity contribution in [3.8, 4) is 0 Å². The molecule has 1 fully saturated rings. The number of hydrogen-bond donors (Lipinski definition) is 0. The van der Waals surface area contributed by atoms with E-state index < -0.39 is 5.92 Å². The van der Waals surface area contributed by atoms with Gasteiger partial charge in [-0.2, -0.15) is 0 Å². The van der Waals surface area contributed by atoms with Crippen molar-refractivity contribution in [2.75, 3.05) is 18.0 Å². The number of alkyl halides is 2. The zero-order valence-corrected chi connectivity index (χ0v) is 9.59. The van der Waals surface area contributed by atoms with Crippen molar-refractivity contribution >= 4 is 28.2 Å². The Hall–Kier alpha value is -1.42. The van der Waals surface area contributed by atoms with E-state index in [-0.39, 0.29) is 13.1 Å². The summed E-state index contributed by atoms with van der Waals surface area (Å²) in [5.41, 5.74) is 1.53. The van der Waals surface area contributed by atoms with Crippen LogP contribution in [-0.2, 0) is 0 Å². The van der Waals surface area contributed by atoms with E-state index in [1.165, 1.54) is 0 Å². The average Bonchev–Trinajstić information content (AvgIpc) is 2.26. The lowest BCUT2D eigenvalue weighted by Crippen LogP contribution is -2.56. The van der Waals surface area contributed by atoms with Gasteiger partial charge in [0.2, 0.25) is 0 Å². The molecule has 3 rings (SSSR count). The molecule has 88 valence electrons. The van der Waals surface area contributed by atoms with E-state index in [9.17, 15) is 8.78 Å². The van der Waals surface area contributed by atoms with E-state index >= 15 is 0 Å². The minimum Gasteiger partial charge on any atom is -0.359 e. The predicted molar refractivity (Wildman–Crippen MR) is 63.9 cm³/mol. The van der Waals surface area contributed by atoms with E-state index in [1.54, 1.807) is 35.4 Å². The highest BCUT2D eigenvalue weighted by molar-refractivity contribution is 6.35. The summed E-state index contributed by atoms with van der Waals surface area (Å²) < 4.78 is 25.6. The van der Waals surface area contributed by atoms with E-state index in [2.05, 4.69) is 4.98 Å². The molecule has 0 unspecified atom stereocenters. The molecular formula is C12H9ClF2N2. The Balaban J connectivity index is 2.00. The lowest BCUT2D eigenvalue weighted by Gasteiger charge is -2.40. The van der Waals surface area contributed by atoms with Gasteiger partial charge in [0, 0.05) is 17.3 Å². The fourth-order valence-corrected chi connectivity index (χ4v) is 2.20. The molecule has 1 aromatic heterocycles. The molecule has 5 heteroatoms. The first-order chi connectivity index (χ1) is 8.05. The van der Waals surface area contributed by atoms with Crippen LogP contribution in [0.1, 0.15) is 0 Å². The Morgan fingerprint density at radius 2 is 2.00 bits per heavy atom. The Labute approximate surface area is 102 Å². The van der Waals surface area contributed by atoms with Crippen molar-refractivity contribution in [2.24, 2.45) is 0 Å². The summed E-state index contributed by atoms with van der Waals surface area (Å²) in [6, 6.07) is 7.09. The topological polar surface area (TPSA) is 16.1 Å². The monoisotopic (exact) mass is 254 g/mol. The molecule has 0 saturated carbocycles. The van der Waals surface area contributed by atoms with Gasteiger partial charge in [0.25, 0.3) is 5.92 Å². The molecule has 2 aromatic rings. The normalized spacial score (nSPS) is 18.2. The Morgan fingerprint density at radius 1 is 1.24 bits per heavy atom. The van der Waals surface area contributed by atoms with Crippen molar-refractivity contribution in [3.63, 3.8) is 0 Å². The van der Waals surface area contributed by atoms with E-state index in [0.717, 1.165) is 16.6 Å². The molecule has 1 aliphatic rings. The molecule has 0 spiro atoms. The van der Waals surface area contributed by atoms with Gasteiger partial charge >= 0.3 is 0 Å². The van der Waals surface area contributed by atoms with Crippen LogP contribution in [0.4, 0.5) is 14.5 Å². The highest BCUT2D eigenvalue weighted by atomic mass is 35.5. The van der Waals surface area contributed by atoms with Gasteiger partial charge < -0.3 is 4.90 Å². The maximum absolute atomic E-state index is 12.8. The smallest absolute Gasteiger partial charge is 0.282 e. The molecule has 1 aromatic carbocycles. The second kappa shape index (κ2) is 3.53. The number of anilines is 1. The van der Waals surface area contributed by atoms with Gasteiger partial charge in [-0.1, -0.05) is 11.6 Å². The first kappa shape index (κ1) is 10.7. The number of benzene rings is 1. The Bertz CT molecular complexity index is 578.